The molecule has 9 heteroatoms. The quantitative estimate of drug-likeness (QED) is 0.332. The predicted octanol–water partition coefficient (Wildman–Crippen LogP) is 4.23. The van der Waals surface area contributed by atoms with Gasteiger partial charge in [-0.2, -0.15) is 0 Å². The highest BCUT2D eigenvalue weighted by molar-refractivity contribution is 5.96. The molecule has 0 saturated heterocycles. The molecule has 0 bridgehead atoms. The van der Waals surface area contributed by atoms with Crippen molar-refractivity contribution in [3.8, 4) is 0 Å². The summed E-state index contributed by atoms with van der Waals surface area (Å²) < 4.78 is 5.09. The number of nitrogens with one attached hydrogen (secondary N) is 3. The third-order valence-electron chi connectivity index (χ3n) is 6.76. The van der Waals surface area contributed by atoms with Gasteiger partial charge in [0.1, 0.15) is 0 Å². The first-order chi connectivity index (χ1) is 17.9. The Morgan fingerprint density at radius 1 is 1.19 bits per heavy atom. The zero-order valence-corrected chi connectivity index (χ0v) is 21.4. The minimum Gasteiger partial charge on any atom is -0.408 e. The number of rotatable bonds is 8. The SMILES string of the molecule is CCCC(CNC(=O)c1ccc2[nH]c(=O)oc2c1)N1CCc2nc(Nc3cc(C)cc(C)c3)ncc2C1. The van der Waals surface area contributed by atoms with Crippen LogP contribution in [0.5, 0.6) is 0 Å². The minimum atomic E-state index is -0.530. The summed E-state index contributed by atoms with van der Waals surface area (Å²) in [5.41, 5.74) is 6.99. The van der Waals surface area contributed by atoms with Crippen molar-refractivity contribution < 1.29 is 9.21 Å². The average Bonchev–Trinajstić information content (AvgIpc) is 3.24. The highest BCUT2D eigenvalue weighted by Gasteiger charge is 2.25. The van der Waals surface area contributed by atoms with E-state index in [9.17, 15) is 9.59 Å². The highest BCUT2D eigenvalue weighted by atomic mass is 16.4. The van der Waals surface area contributed by atoms with Crippen molar-refractivity contribution in [3.05, 3.63) is 81.1 Å². The molecule has 1 unspecified atom stereocenters. The Morgan fingerprint density at radius 3 is 2.78 bits per heavy atom. The number of aromatic amines is 1. The average molecular weight is 501 g/mol. The van der Waals surface area contributed by atoms with E-state index in [4.69, 9.17) is 9.40 Å². The van der Waals surface area contributed by atoms with Crippen LogP contribution in [0.3, 0.4) is 0 Å². The van der Waals surface area contributed by atoms with Gasteiger partial charge in [-0.15, -0.1) is 0 Å². The van der Waals surface area contributed by atoms with Crippen molar-refractivity contribution in [1.29, 1.82) is 0 Å². The third-order valence-corrected chi connectivity index (χ3v) is 6.76. The van der Waals surface area contributed by atoms with Gasteiger partial charge in [0, 0.05) is 55.1 Å². The van der Waals surface area contributed by atoms with Gasteiger partial charge in [0.2, 0.25) is 5.95 Å². The van der Waals surface area contributed by atoms with E-state index in [1.165, 1.54) is 11.1 Å². The van der Waals surface area contributed by atoms with Gasteiger partial charge in [0.15, 0.2) is 5.58 Å². The molecule has 2 aromatic carbocycles. The molecule has 0 spiro atoms. The van der Waals surface area contributed by atoms with Crippen LogP contribution in [0.2, 0.25) is 0 Å². The van der Waals surface area contributed by atoms with Crippen molar-refractivity contribution in [2.75, 3.05) is 18.4 Å². The number of H-pyrrole nitrogens is 1. The molecule has 3 heterocycles. The molecular weight excluding hydrogens is 468 g/mol. The maximum atomic E-state index is 12.8. The standard InChI is InChI=1S/C28H32N6O3/c1-4-5-22(15-29-26(35)19-6-7-24-25(13-19)37-28(36)33-24)34-9-8-23-20(16-34)14-30-27(32-23)31-21-11-17(2)10-18(3)12-21/h6-7,10-14,22H,4-5,8-9,15-16H2,1-3H3,(H,29,35)(H,33,36)(H,30,31,32). The van der Waals surface area contributed by atoms with E-state index < -0.39 is 5.76 Å². The zero-order valence-electron chi connectivity index (χ0n) is 21.4. The molecular formula is C28H32N6O3. The van der Waals surface area contributed by atoms with E-state index >= 15 is 0 Å². The molecule has 3 N–H and O–H groups in total. The summed E-state index contributed by atoms with van der Waals surface area (Å²) in [5, 5.41) is 6.41. The number of carbonyl (C=O) groups is 1. The maximum absolute atomic E-state index is 12.8. The number of hydrogen-bond acceptors (Lipinski definition) is 7. The number of benzene rings is 2. The number of aromatic nitrogens is 3. The summed E-state index contributed by atoms with van der Waals surface area (Å²) in [6.07, 6.45) is 4.73. The number of fused-ring (bicyclic) bond motifs is 2. The molecule has 0 fully saturated rings. The Kier molecular flexibility index (Phi) is 7.05. The lowest BCUT2D eigenvalue weighted by atomic mass is 10.0. The van der Waals surface area contributed by atoms with Crippen LogP contribution in [0.4, 0.5) is 11.6 Å². The normalized spacial score (nSPS) is 14.4. The lowest BCUT2D eigenvalue weighted by Crippen LogP contribution is -2.46. The first-order valence-electron chi connectivity index (χ1n) is 12.7. The maximum Gasteiger partial charge on any atom is 0.417 e. The Balaban J connectivity index is 1.23. The molecule has 1 atom stereocenters. The second-order valence-corrected chi connectivity index (χ2v) is 9.77. The van der Waals surface area contributed by atoms with Crippen LogP contribution >= 0.6 is 0 Å². The molecule has 1 aliphatic heterocycles. The summed E-state index contributed by atoms with van der Waals surface area (Å²) in [7, 11) is 0. The van der Waals surface area contributed by atoms with Gasteiger partial charge >= 0.3 is 5.76 Å². The fourth-order valence-electron chi connectivity index (χ4n) is 5.03. The molecule has 5 rings (SSSR count). The van der Waals surface area contributed by atoms with E-state index in [2.05, 4.69) is 64.5 Å². The molecule has 0 saturated carbocycles. The molecule has 0 radical (unpaired) electrons. The first-order valence-corrected chi connectivity index (χ1v) is 12.7. The topological polar surface area (TPSA) is 116 Å². The van der Waals surface area contributed by atoms with Gasteiger partial charge in [-0.3, -0.25) is 14.7 Å². The van der Waals surface area contributed by atoms with Gasteiger partial charge in [-0.25, -0.2) is 14.8 Å². The smallest absolute Gasteiger partial charge is 0.408 e. The molecule has 2 aromatic heterocycles. The van der Waals surface area contributed by atoms with E-state index in [-0.39, 0.29) is 11.9 Å². The molecule has 1 amide bonds. The number of amides is 1. The van der Waals surface area contributed by atoms with Crippen molar-refractivity contribution in [3.63, 3.8) is 0 Å². The van der Waals surface area contributed by atoms with Crippen molar-refractivity contribution in [2.45, 2.75) is 52.6 Å². The van der Waals surface area contributed by atoms with Crippen LogP contribution in [-0.2, 0) is 13.0 Å². The number of nitrogens with zero attached hydrogens (tertiary/aromatic N) is 3. The number of aryl methyl sites for hydroxylation is 2. The molecule has 192 valence electrons. The van der Waals surface area contributed by atoms with Crippen LogP contribution in [0, 0.1) is 13.8 Å². The minimum absolute atomic E-state index is 0.185. The van der Waals surface area contributed by atoms with Crippen LogP contribution < -0.4 is 16.4 Å². The van der Waals surface area contributed by atoms with Crippen LogP contribution in [-0.4, -0.2) is 44.9 Å². The predicted molar refractivity (Wildman–Crippen MR) is 143 cm³/mol. The lowest BCUT2D eigenvalue weighted by molar-refractivity contribution is 0.0923. The molecule has 1 aliphatic rings. The molecule has 4 aromatic rings. The van der Waals surface area contributed by atoms with Crippen LogP contribution in [0.1, 0.15) is 52.5 Å². The Bertz CT molecular complexity index is 1470. The number of hydrogen-bond donors (Lipinski definition) is 3. The number of carbonyl (C=O) groups excluding carboxylic acids is 1. The van der Waals surface area contributed by atoms with Crippen LogP contribution in [0.25, 0.3) is 11.1 Å². The second kappa shape index (κ2) is 10.6. The number of anilines is 2. The molecule has 9 nitrogen and oxygen atoms in total. The van der Waals surface area contributed by atoms with Gasteiger partial charge in [-0.05, 0) is 61.7 Å². The van der Waals surface area contributed by atoms with Gasteiger partial charge in [0.05, 0.1) is 11.2 Å². The van der Waals surface area contributed by atoms with Crippen molar-refractivity contribution >= 4 is 28.6 Å². The van der Waals surface area contributed by atoms with Crippen molar-refractivity contribution in [2.24, 2.45) is 0 Å². The Morgan fingerprint density at radius 2 is 2.00 bits per heavy atom. The fourth-order valence-corrected chi connectivity index (χ4v) is 5.03. The molecule has 0 aliphatic carbocycles. The summed E-state index contributed by atoms with van der Waals surface area (Å²) in [5.74, 6) is -0.0995. The zero-order chi connectivity index (χ0) is 25.9. The summed E-state index contributed by atoms with van der Waals surface area (Å²) in [4.78, 5) is 38.6. The lowest BCUT2D eigenvalue weighted by Gasteiger charge is -2.35. The van der Waals surface area contributed by atoms with E-state index in [1.807, 2.05) is 6.20 Å². The van der Waals surface area contributed by atoms with Crippen LogP contribution in [0.15, 0.2) is 51.8 Å². The molecule has 37 heavy (non-hydrogen) atoms. The summed E-state index contributed by atoms with van der Waals surface area (Å²) in [6.45, 7) is 8.46. The summed E-state index contributed by atoms with van der Waals surface area (Å²) >= 11 is 0. The van der Waals surface area contributed by atoms with E-state index in [0.717, 1.165) is 49.3 Å². The van der Waals surface area contributed by atoms with E-state index in [0.29, 0.717) is 29.2 Å². The third kappa shape index (κ3) is 5.72. The van der Waals surface area contributed by atoms with E-state index in [1.54, 1.807) is 18.2 Å². The summed E-state index contributed by atoms with van der Waals surface area (Å²) in [6, 6.07) is 11.5. The van der Waals surface area contributed by atoms with Gasteiger partial charge < -0.3 is 15.1 Å². The largest absolute Gasteiger partial charge is 0.417 e. The van der Waals surface area contributed by atoms with Crippen molar-refractivity contribution in [1.82, 2.24) is 25.2 Å². The fraction of sp³-hybridized carbons (Fsp3) is 0.357. The Hall–Kier alpha value is -3.98. The number of oxazole rings is 1. The monoisotopic (exact) mass is 500 g/mol. The van der Waals surface area contributed by atoms with Gasteiger partial charge in [0.25, 0.3) is 5.91 Å². The Labute approximate surface area is 215 Å². The van der Waals surface area contributed by atoms with Gasteiger partial charge in [-0.1, -0.05) is 19.4 Å². The first kappa shape index (κ1) is 24.7. The second-order valence-electron chi connectivity index (χ2n) is 9.77. The highest BCUT2D eigenvalue weighted by Crippen LogP contribution is 2.23.